The van der Waals surface area contributed by atoms with E-state index in [9.17, 15) is 0 Å². The SMILES string of the molecule is Cc1cc(N2CCC3CCCCC32)c(/C(N)=N/O)c(C)n1. The Bertz CT molecular complexity index is 570. The van der Waals surface area contributed by atoms with Crippen LogP contribution in [0.1, 0.15) is 49.1 Å². The van der Waals surface area contributed by atoms with E-state index >= 15 is 0 Å². The zero-order valence-electron chi connectivity index (χ0n) is 12.8. The van der Waals surface area contributed by atoms with Crippen molar-refractivity contribution in [1.29, 1.82) is 0 Å². The highest BCUT2D eigenvalue weighted by molar-refractivity contribution is 6.03. The van der Waals surface area contributed by atoms with Crippen molar-refractivity contribution >= 4 is 11.5 Å². The maximum Gasteiger partial charge on any atom is 0.174 e. The third-order valence-corrected chi connectivity index (χ3v) is 4.99. The molecular weight excluding hydrogens is 264 g/mol. The van der Waals surface area contributed by atoms with Crippen LogP contribution in [0.5, 0.6) is 0 Å². The van der Waals surface area contributed by atoms with Crippen LogP contribution in [0.4, 0.5) is 5.69 Å². The molecule has 0 amide bonds. The number of hydrogen-bond donors (Lipinski definition) is 2. The Morgan fingerprint density at radius 1 is 1.33 bits per heavy atom. The Hall–Kier alpha value is -1.78. The van der Waals surface area contributed by atoms with Crippen molar-refractivity contribution in [3.63, 3.8) is 0 Å². The lowest BCUT2D eigenvalue weighted by molar-refractivity contribution is 0.318. The smallest absolute Gasteiger partial charge is 0.174 e. The van der Waals surface area contributed by atoms with Crippen LogP contribution in [0.25, 0.3) is 0 Å². The number of rotatable bonds is 2. The second-order valence-electron chi connectivity index (χ2n) is 6.32. The molecule has 0 spiro atoms. The number of anilines is 1. The third-order valence-electron chi connectivity index (χ3n) is 4.99. The Morgan fingerprint density at radius 2 is 2.10 bits per heavy atom. The summed E-state index contributed by atoms with van der Waals surface area (Å²) >= 11 is 0. The zero-order valence-corrected chi connectivity index (χ0v) is 12.8. The number of hydrogen-bond acceptors (Lipinski definition) is 4. The largest absolute Gasteiger partial charge is 0.409 e. The highest BCUT2D eigenvalue weighted by Gasteiger charge is 2.37. The number of oxime groups is 1. The summed E-state index contributed by atoms with van der Waals surface area (Å²) in [5, 5.41) is 12.3. The van der Waals surface area contributed by atoms with Crippen LogP contribution in [-0.4, -0.2) is 28.6 Å². The molecule has 1 aliphatic heterocycles. The molecule has 5 nitrogen and oxygen atoms in total. The molecule has 1 saturated carbocycles. The third kappa shape index (κ3) is 2.45. The summed E-state index contributed by atoms with van der Waals surface area (Å²) in [4.78, 5) is 6.95. The molecular formula is C16H24N4O. The van der Waals surface area contributed by atoms with Crippen molar-refractivity contribution < 1.29 is 5.21 Å². The van der Waals surface area contributed by atoms with E-state index in [1.165, 1.54) is 32.1 Å². The Balaban J connectivity index is 2.05. The number of amidine groups is 1. The van der Waals surface area contributed by atoms with E-state index in [1.807, 2.05) is 13.8 Å². The quantitative estimate of drug-likeness (QED) is 0.379. The predicted octanol–water partition coefficient (Wildman–Crippen LogP) is 2.56. The minimum absolute atomic E-state index is 0.161. The molecule has 3 rings (SSSR count). The molecule has 2 aliphatic rings. The molecule has 2 heterocycles. The lowest BCUT2D eigenvalue weighted by Gasteiger charge is -2.34. The van der Waals surface area contributed by atoms with E-state index in [1.54, 1.807) is 0 Å². The molecule has 1 aliphatic carbocycles. The first kappa shape index (κ1) is 14.2. The standard InChI is InChI=1S/C16H24N4O/c1-10-9-14(15(11(2)18-10)16(17)19-21)20-8-7-12-5-3-4-6-13(12)20/h9,12-13,21H,3-8H2,1-2H3,(H2,17,19). The van der Waals surface area contributed by atoms with E-state index < -0.39 is 0 Å². The molecule has 1 saturated heterocycles. The highest BCUT2D eigenvalue weighted by atomic mass is 16.4. The van der Waals surface area contributed by atoms with E-state index in [0.717, 1.165) is 35.1 Å². The molecule has 2 atom stereocenters. The first-order chi connectivity index (χ1) is 10.1. The summed E-state index contributed by atoms with van der Waals surface area (Å²) in [6.07, 6.45) is 6.50. The fraction of sp³-hybridized carbons (Fsp3) is 0.625. The van der Waals surface area contributed by atoms with Crippen molar-refractivity contribution in [1.82, 2.24) is 4.98 Å². The van der Waals surface area contributed by atoms with Crippen molar-refractivity contribution in [3.8, 4) is 0 Å². The minimum atomic E-state index is 0.161. The summed E-state index contributed by atoms with van der Waals surface area (Å²) in [5.74, 6) is 0.960. The topological polar surface area (TPSA) is 74.7 Å². The number of aromatic nitrogens is 1. The second-order valence-corrected chi connectivity index (χ2v) is 6.32. The molecule has 2 unspecified atom stereocenters. The molecule has 114 valence electrons. The van der Waals surface area contributed by atoms with Crippen LogP contribution < -0.4 is 10.6 Å². The van der Waals surface area contributed by atoms with Gasteiger partial charge in [0.25, 0.3) is 0 Å². The average molecular weight is 288 g/mol. The monoisotopic (exact) mass is 288 g/mol. The summed E-state index contributed by atoms with van der Waals surface area (Å²) < 4.78 is 0. The molecule has 0 radical (unpaired) electrons. The number of aryl methyl sites for hydroxylation is 2. The second kappa shape index (κ2) is 5.54. The van der Waals surface area contributed by atoms with Gasteiger partial charge in [-0.3, -0.25) is 4.98 Å². The summed E-state index contributed by atoms with van der Waals surface area (Å²) in [6, 6.07) is 2.68. The fourth-order valence-electron chi connectivity index (χ4n) is 4.11. The van der Waals surface area contributed by atoms with Gasteiger partial charge in [0, 0.05) is 18.3 Å². The van der Waals surface area contributed by atoms with Gasteiger partial charge < -0.3 is 15.8 Å². The van der Waals surface area contributed by atoms with Gasteiger partial charge in [0.15, 0.2) is 5.84 Å². The number of fused-ring (bicyclic) bond motifs is 1. The Kier molecular flexibility index (Phi) is 3.74. The molecule has 21 heavy (non-hydrogen) atoms. The summed E-state index contributed by atoms with van der Waals surface area (Å²) in [7, 11) is 0. The van der Waals surface area contributed by atoms with Crippen molar-refractivity contribution in [3.05, 3.63) is 23.0 Å². The molecule has 0 aromatic carbocycles. The maximum absolute atomic E-state index is 9.10. The van der Waals surface area contributed by atoms with Crippen molar-refractivity contribution in [2.45, 2.75) is 52.0 Å². The van der Waals surface area contributed by atoms with E-state index in [0.29, 0.717) is 6.04 Å². The first-order valence-electron chi connectivity index (χ1n) is 7.84. The lowest BCUT2D eigenvalue weighted by atomic mass is 9.85. The number of pyridine rings is 1. The van der Waals surface area contributed by atoms with Gasteiger partial charge in [-0.1, -0.05) is 18.0 Å². The van der Waals surface area contributed by atoms with E-state index in [2.05, 4.69) is 21.1 Å². The molecule has 2 fully saturated rings. The fourth-order valence-corrected chi connectivity index (χ4v) is 4.11. The van der Waals surface area contributed by atoms with Crippen LogP contribution in [-0.2, 0) is 0 Å². The summed E-state index contributed by atoms with van der Waals surface area (Å²) in [6.45, 7) is 4.99. The van der Waals surface area contributed by atoms with Gasteiger partial charge in [-0.2, -0.15) is 0 Å². The van der Waals surface area contributed by atoms with E-state index in [4.69, 9.17) is 10.9 Å². The van der Waals surface area contributed by atoms with Gasteiger partial charge in [0.05, 0.1) is 16.9 Å². The molecule has 3 N–H and O–H groups in total. The summed E-state index contributed by atoms with van der Waals surface area (Å²) in [5.41, 5.74) is 9.60. The van der Waals surface area contributed by atoms with Crippen LogP contribution in [0.15, 0.2) is 11.2 Å². The number of nitrogens with zero attached hydrogens (tertiary/aromatic N) is 3. The van der Waals surface area contributed by atoms with Gasteiger partial charge in [0.2, 0.25) is 0 Å². The predicted molar refractivity (Wildman–Crippen MR) is 83.9 cm³/mol. The van der Waals surface area contributed by atoms with Crippen molar-refractivity contribution in [2.24, 2.45) is 16.8 Å². The maximum atomic E-state index is 9.10. The zero-order chi connectivity index (χ0) is 15.0. The molecule has 0 bridgehead atoms. The molecule has 1 aromatic rings. The van der Waals surface area contributed by atoms with Gasteiger partial charge in [-0.05, 0) is 45.1 Å². The van der Waals surface area contributed by atoms with E-state index in [-0.39, 0.29) is 5.84 Å². The van der Waals surface area contributed by atoms with Gasteiger partial charge >= 0.3 is 0 Å². The van der Waals surface area contributed by atoms with Crippen molar-refractivity contribution in [2.75, 3.05) is 11.4 Å². The number of nitrogens with two attached hydrogens (primary N) is 1. The minimum Gasteiger partial charge on any atom is -0.409 e. The average Bonchev–Trinajstić information content (AvgIpc) is 2.89. The van der Waals surface area contributed by atoms with Crippen LogP contribution in [0, 0.1) is 19.8 Å². The van der Waals surface area contributed by atoms with Gasteiger partial charge in [-0.25, -0.2) is 0 Å². The van der Waals surface area contributed by atoms with Crippen LogP contribution in [0.3, 0.4) is 0 Å². The normalized spacial score (nSPS) is 26.0. The Morgan fingerprint density at radius 3 is 2.86 bits per heavy atom. The van der Waals surface area contributed by atoms with Gasteiger partial charge in [0.1, 0.15) is 0 Å². The van der Waals surface area contributed by atoms with Crippen LogP contribution in [0.2, 0.25) is 0 Å². The highest BCUT2D eigenvalue weighted by Crippen LogP contribution is 2.40. The first-order valence-corrected chi connectivity index (χ1v) is 7.84. The molecule has 5 heteroatoms. The lowest BCUT2D eigenvalue weighted by Crippen LogP contribution is -2.36. The molecule has 1 aromatic heterocycles. The van der Waals surface area contributed by atoms with Gasteiger partial charge in [-0.15, -0.1) is 0 Å². The Labute approximate surface area is 125 Å². The van der Waals surface area contributed by atoms with Crippen LogP contribution >= 0.6 is 0 Å².